The summed E-state index contributed by atoms with van der Waals surface area (Å²) in [6.45, 7) is 0.275. The standard InChI is InChI=1S/C20H16F3N3O4S/c21-20(22,23)30-16-2-1-3-18(12-16)31(28,29)17-6-4-15(5-7-17)26-19(27)25-13-14-8-10-24-11-9-14/h1-12H,13H2,(H2,25,26,27). The maximum absolute atomic E-state index is 12.7. The van der Waals surface area contributed by atoms with Crippen LogP contribution in [0.1, 0.15) is 5.56 Å². The maximum Gasteiger partial charge on any atom is 0.573 e. The molecule has 162 valence electrons. The molecule has 3 aromatic rings. The van der Waals surface area contributed by atoms with Crippen LogP contribution in [0.15, 0.2) is 82.8 Å². The number of aromatic nitrogens is 1. The van der Waals surface area contributed by atoms with Crippen LogP contribution in [-0.4, -0.2) is 25.8 Å². The summed E-state index contributed by atoms with van der Waals surface area (Å²) in [5, 5.41) is 5.20. The van der Waals surface area contributed by atoms with Gasteiger partial charge in [-0.1, -0.05) is 6.07 Å². The number of alkyl halides is 3. The molecule has 2 aromatic carbocycles. The van der Waals surface area contributed by atoms with Crippen molar-refractivity contribution in [3.63, 3.8) is 0 Å². The van der Waals surface area contributed by atoms with E-state index in [1.165, 1.54) is 24.3 Å². The van der Waals surface area contributed by atoms with Crippen molar-refractivity contribution in [2.75, 3.05) is 5.32 Å². The van der Waals surface area contributed by atoms with E-state index in [4.69, 9.17) is 0 Å². The second-order valence-electron chi connectivity index (χ2n) is 6.21. The van der Waals surface area contributed by atoms with Crippen LogP contribution in [0.5, 0.6) is 5.75 Å². The van der Waals surface area contributed by atoms with E-state index in [1.807, 2.05) is 0 Å². The van der Waals surface area contributed by atoms with E-state index in [0.717, 1.165) is 29.8 Å². The number of rotatable bonds is 6. The predicted octanol–water partition coefficient (Wildman–Crippen LogP) is 4.13. The normalized spacial score (nSPS) is 11.6. The molecule has 0 saturated carbocycles. The quantitative estimate of drug-likeness (QED) is 0.587. The van der Waals surface area contributed by atoms with Gasteiger partial charge in [-0.3, -0.25) is 4.98 Å². The van der Waals surface area contributed by atoms with Gasteiger partial charge >= 0.3 is 12.4 Å². The molecule has 0 aliphatic heterocycles. The first-order chi connectivity index (χ1) is 14.6. The molecule has 2 amide bonds. The Bertz CT molecular complexity index is 1150. The number of hydrogen-bond donors (Lipinski definition) is 2. The van der Waals surface area contributed by atoms with Gasteiger partial charge < -0.3 is 15.4 Å². The highest BCUT2D eigenvalue weighted by Crippen LogP contribution is 2.28. The number of sulfone groups is 1. The average molecular weight is 451 g/mol. The molecule has 0 radical (unpaired) electrons. The molecule has 2 N–H and O–H groups in total. The first kappa shape index (κ1) is 22.1. The van der Waals surface area contributed by atoms with Gasteiger partial charge in [0, 0.05) is 24.6 Å². The third kappa shape index (κ3) is 6.19. The van der Waals surface area contributed by atoms with Crippen molar-refractivity contribution in [3.05, 3.63) is 78.6 Å². The predicted molar refractivity (Wildman–Crippen MR) is 105 cm³/mol. The highest BCUT2D eigenvalue weighted by Gasteiger charge is 2.31. The minimum absolute atomic E-state index is 0.153. The Morgan fingerprint density at radius 3 is 2.29 bits per heavy atom. The molecule has 0 bridgehead atoms. The number of carbonyl (C=O) groups is 1. The number of anilines is 1. The topological polar surface area (TPSA) is 97.4 Å². The minimum Gasteiger partial charge on any atom is -0.406 e. The molecule has 3 rings (SSSR count). The molecule has 11 heteroatoms. The summed E-state index contributed by atoms with van der Waals surface area (Å²) in [6.07, 6.45) is -1.74. The zero-order chi connectivity index (χ0) is 22.5. The van der Waals surface area contributed by atoms with Crippen molar-refractivity contribution < 1.29 is 31.1 Å². The fourth-order valence-electron chi connectivity index (χ4n) is 2.55. The fraction of sp³-hybridized carbons (Fsp3) is 0.100. The van der Waals surface area contributed by atoms with Gasteiger partial charge in [0.15, 0.2) is 0 Å². The van der Waals surface area contributed by atoms with Crippen molar-refractivity contribution in [1.82, 2.24) is 10.3 Å². The van der Waals surface area contributed by atoms with Crippen LogP contribution in [0.25, 0.3) is 0 Å². The number of benzene rings is 2. The first-order valence-electron chi connectivity index (χ1n) is 8.78. The van der Waals surface area contributed by atoms with Gasteiger partial charge in [-0.05, 0) is 60.2 Å². The first-order valence-corrected chi connectivity index (χ1v) is 10.3. The Balaban J connectivity index is 1.67. The number of amides is 2. The van der Waals surface area contributed by atoms with Crippen LogP contribution in [-0.2, 0) is 16.4 Å². The van der Waals surface area contributed by atoms with Crippen LogP contribution < -0.4 is 15.4 Å². The molecular formula is C20H16F3N3O4S. The van der Waals surface area contributed by atoms with Crippen LogP contribution in [0.3, 0.4) is 0 Å². The molecule has 31 heavy (non-hydrogen) atoms. The van der Waals surface area contributed by atoms with Gasteiger partial charge in [-0.25, -0.2) is 13.2 Å². The summed E-state index contributed by atoms with van der Waals surface area (Å²) in [4.78, 5) is 15.3. The van der Waals surface area contributed by atoms with Crippen LogP contribution in [0.4, 0.5) is 23.7 Å². The van der Waals surface area contributed by atoms with Crippen LogP contribution in [0, 0.1) is 0 Å². The highest BCUT2D eigenvalue weighted by atomic mass is 32.2. The number of urea groups is 1. The van der Waals surface area contributed by atoms with E-state index in [2.05, 4.69) is 20.4 Å². The van der Waals surface area contributed by atoms with E-state index < -0.39 is 28.0 Å². The smallest absolute Gasteiger partial charge is 0.406 e. The summed E-state index contributed by atoms with van der Waals surface area (Å²) < 4.78 is 66.3. The van der Waals surface area contributed by atoms with Crippen molar-refractivity contribution >= 4 is 21.6 Å². The molecule has 0 unspecified atom stereocenters. The number of nitrogens with zero attached hydrogens (tertiary/aromatic N) is 1. The van der Waals surface area contributed by atoms with Crippen molar-refractivity contribution in [2.24, 2.45) is 0 Å². The average Bonchev–Trinajstić information content (AvgIpc) is 2.72. The number of ether oxygens (including phenoxy) is 1. The number of pyridine rings is 1. The summed E-state index contributed by atoms with van der Waals surface area (Å²) in [6, 6.07) is 12.3. The Kier molecular flexibility index (Phi) is 6.44. The van der Waals surface area contributed by atoms with Gasteiger partial charge in [-0.15, -0.1) is 13.2 Å². The number of halogens is 3. The third-order valence-electron chi connectivity index (χ3n) is 3.97. The van der Waals surface area contributed by atoms with Crippen molar-refractivity contribution in [2.45, 2.75) is 22.7 Å². The summed E-state index contributed by atoms with van der Waals surface area (Å²) in [5.41, 5.74) is 1.18. The second kappa shape index (κ2) is 9.04. The lowest BCUT2D eigenvalue weighted by atomic mass is 10.3. The Hall–Kier alpha value is -3.60. The molecule has 7 nitrogen and oxygen atoms in total. The van der Waals surface area contributed by atoms with Crippen molar-refractivity contribution in [1.29, 1.82) is 0 Å². The van der Waals surface area contributed by atoms with Crippen LogP contribution in [0.2, 0.25) is 0 Å². The molecule has 0 spiro atoms. The second-order valence-corrected chi connectivity index (χ2v) is 8.16. The number of nitrogens with one attached hydrogen (secondary N) is 2. The van der Waals surface area contributed by atoms with E-state index in [9.17, 15) is 26.4 Å². The lowest BCUT2D eigenvalue weighted by molar-refractivity contribution is -0.274. The molecule has 0 fully saturated rings. The third-order valence-corrected chi connectivity index (χ3v) is 5.74. The molecule has 0 aliphatic carbocycles. The monoisotopic (exact) mass is 451 g/mol. The summed E-state index contributed by atoms with van der Waals surface area (Å²) in [5.74, 6) is -0.641. The molecule has 0 atom stereocenters. The van der Waals surface area contributed by atoms with E-state index in [0.29, 0.717) is 5.69 Å². The van der Waals surface area contributed by atoms with Crippen LogP contribution >= 0.6 is 0 Å². The van der Waals surface area contributed by atoms with Crippen molar-refractivity contribution in [3.8, 4) is 5.75 Å². The Labute approximate surface area is 175 Å². The van der Waals surface area contributed by atoms with Gasteiger partial charge in [0.1, 0.15) is 5.75 Å². The van der Waals surface area contributed by atoms with Gasteiger partial charge in [0.05, 0.1) is 9.79 Å². The Morgan fingerprint density at radius 1 is 0.968 bits per heavy atom. The zero-order valence-corrected chi connectivity index (χ0v) is 16.6. The number of carbonyl (C=O) groups excluding carboxylic acids is 1. The zero-order valence-electron chi connectivity index (χ0n) is 15.8. The molecule has 0 aliphatic rings. The van der Waals surface area contributed by atoms with E-state index in [-0.39, 0.29) is 16.3 Å². The molecule has 1 heterocycles. The van der Waals surface area contributed by atoms with Gasteiger partial charge in [0.25, 0.3) is 0 Å². The number of hydrogen-bond acceptors (Lipinski definition) is 5. The minimum atomic E-state index is -4.94. The molecular weight excluding hydrogens is 435 g/mol. The highest BCUT2D eigenvalue weighted by molar-refractivity contribution is 7.91. The lowest BCUT2D eigenvalue weighted by Crippen LogP contribution is -2.28. The molecule has 1 aromatic heterocycles. The van der Waals surface area contributed by atoms with E-state index in [1.54, 1.807) is 24.5 Å². The summed E-state index contributed by atoms with van der Waals surface area (Å²) in [7, 11) is -4.09. The fourth-order valence-corrected chi connectivity index (χ4v) is 3.85. The lowest BCUT2D eigenvalue weighted by Gasteiger charge is -2.11. The molecule has 0 saturated heterocycles. The Morgan fingerprint density at radius 2 is 1.65 bits per heavy atom. The SMILES string of the molecule is O=C(NCc1ccncc1)Nc1ccc(S(=O)(=O)c2cccc(OC(F)(F)F)c2)cc1. The van der Waals surface area contributed by atoms with Gasteiger partial charge in [-0.2, -0.15) is 0 Å². The van der Waals surface area contributed by atoms with E-state index >= 15 is 0 Å². The largest absolute Gasteiger partial charge is 0.573 e. The summed E-state index contributed by atoms with van der Waals surface area (Å²) >= 11 is 0. The maximum atomic E-state index is 12.7. The van der Waals surface area contributed by atoms with Gasteiger partial charge in [0.2, 0.25) is 9.84 Å².